The smallest absolute Gasteiger partial charge is 0.325 e. The van der Waals surface area contributed by atoms with Crippen LogP contribution in [-0.4, -0.2) is 29.4 Å². The monoisotopic (exact) mass is 261 g/mol. The predicted octanol–water partition coefficient (Wildman–Crippen LogP) is 1.33. The van der Waals surface area contributed by atoms with E-state index in [0.29, 0.717) is 0 Å². The molecule has 3 N–H and O–H groups in total. The first-order valence-corrected chi connectivity index (χ1v) is 6.47. The normalized spacial score (nSPS) is 20.6. The Morgan fingerprint density at radius 2 is 1.95 bits per heavy atom. The number of rotatable bonds is 4. The van der Waals surface area contributed by atoms with Gasteiger partial charge in [0.1, 0.15) is 6.04 Å². The summed E-state index contributed by atoms with van der Waals surface area (Å²) in [4.78, 5) is 25.3. The van der Waals surface area contributed by atoms with Gasteiger partial charge in [0.2, 0.25) is 0 Å². The van der Waals surface area contributed by atoms with Crippen LogP contribution in [0.25, 0.3) is 0 Å². The average molecular weight is 261 g/mol. The summed E-state index contributed by atoms with van der Waals surface area (Å²) in [6.07, 6.45) is 0.728. The highest BCUT2D eigenvalue weighted by Gasteiger charge is 2.39. The van der Waals surface area contributed by atoms with Crippen molar-refractivity contribution in [1.82, 2.24) is 10.2 Å². The molecule has 1 saturated heterocycles. The topological polar surface area (TPSA) is 75.4 Å². The Balaban J connectivity index is 2.15. The van der Waals surface area contributed by atoms with Gasteiger partial charge in [0.15, 0.2) is 0 Å². The Hall–Kier alpha value is -1.88. The minimum absolute atomic E-state index is 0.175. The number of amides is 3. The maximum Gasteiger partial charge on any atom is 0.325 e. The Bertz CT molecular complexity index is 484. The molecule has 2 unspecified atom stereocenters. The molecule has 0 aliphatic carbocycles. The summed E-state index contributed by atoms with van der Waals surface area (Å²) in [7, 11) is 0. The molecule has 2 atom stereocenters. The second-order valence-corrected chi connectivity index (χ2v) is 4.91. The van der Waals surface area contributed by atoms with E-state index in [0.717, 1.165) is 17.5 Å². The van der Waals surface area contributed by atoms with Gasteiger partial charge in [-0.15, -0.1) is 0 Å². The third-order valence-electron chi connectivity index (χ3n) is 3.38. The molecule has 1 aliphatic heterocycles. The number of benzene rings is 1. The molecule has 0 radical (unpaired) electrons. The summed E-state index contributed by atoms with van der Waals surface area (Å²) in [6.45, 7) is 4.18. The summed E-state index contributed by atoms with van der Waals surface area (Å²) in [6, 6.07) is 6.45. The van der Waals surface area contributed by atoms with Gasteiger partial charge in [-0.05, 0) is 18.9 Å². The summed E-state index contributed by atoms with van der Waals surface area (Å²) >= 11 is 0. The summed E-state index contributed by atoms with van der Waals surface area (Å²) < 4.78 is 0. The van der Waals surface area contributed by atoms with E-state index in [1.165, 1.54) is 4.90 Å². The van der Waals surface area contributed by atoms with Crippen LogP contribution >= 0.6 is 0 Å². The predicted molar refractivity (Wildman–Crippen MR) is 72.4 cm³/mol. The molecule has 0 bridgehead atoms. The van der Waals surface area contributed by atoms with E-state index < -0.39 is 6.04 Å². The van der Waals surface area contributed by atoms with Crippen LogP contribution < -0.4 is 11.1 Å². The highest BCUT2D eigenvalue weighted by molar-refractivity contribution is 6.04. The van der Waals surface area contributed by atoms with Gasteiger partial charge in [-0.3, -0.25) is 9.69 Å². The molecule has 1 fully saturated rings. The van der Waals surface area contributed by atoms with E-state index in [1.54, 1.807) is 0 Å². The first-order chi connectivity index (χ1) is 9.02. The van der Waals surface area contributed by atoms with E-state index in [9.17, 15) is 9.59 Å². The van der Waals surface area contributed by atoms with Crippen LogP contribution in [0.1, 0.15) is 30.5 Å². The summed E-state index contributed by atoms with van der Waals surface area (Å²) in [5.74, 6) is -0.224. The zero-order chi connectivity index (χ0) is 14.0. The Kier molecular flexibility index (Phi) is 3.85. The first-order valence-electron chi connectivity index (χ1n) is 6.47. The fourth-order valence-corrected chi connectivity index (χ4v) is 2.04. The van der Waals surface area contributed by atoms with Crippen molar-refractivity contribution >= 4 is 11.9 Å². The van der Waals surface area contributed by atoms with Crippen LogP contribution in [0.15, 0.2) is 24.3 Å². The molecule has 0 saturated carbocycles. The number of nitrogens with two attached hydrogens (primary N) is 1. The Morgan fingerprint density at radius 3 is 2.53 bits per heavy atom. The van der Waals surface area contributed by atoms with E-state index in [4.69, 9.17) is 5.73 Å². The molecule has 0 spiro atoms. The molecular weight excluding hydrogens is 242 g/mol. The number of carbonyl (C=O) groups excluding carboxylic acids is 2. The Labute approximate surface area is 112 Å². The summed E-state index contributed by atoms with van der Waals surface area (Å²) in [5, 5.41) is 2.70. The highest BCUT2D eigenvalue weighted by atomic mass is 16.2. The lowest BCUT2D eigenvalue weighted by Crippen LogP contribution is -2.41. The molecule has 2 rings (SSSR count). The number of hydrogen-bond acceptors (Lipinski definition) is 3. The number of urea groups is 1. The van der Waals surface area contributed by atoms with Crippen molar-refractivity contribution in [2.24, 2.45) is 5.73 Å². The second kappa shape index (κ2) is 5.40. The largest absolute Gasteiger partial charge is 0.326 e. The van der Waals surface area contributed by atoms with Crippen LogP contribution in [-0.2, 0) is 4.79 Å². The quantitative estimate of drug-likeness (QED) is 0.803. The molecule has 102 valence electrons. The van der Waals surface area contributed by atoms with Crippen molar-refractivity contribution in [3.05, 3.63) is 35.4 Å². The third kappa shape index (κ3) is 2.76. The zero-order valence-corrected chi connectivity index (χ0v) is 11.2. The van der Waals surface area contributed by atoms with E-state index in [-0.39, 0.29) is 24.5 Å². The number of aryl methyl sites for hydroxylation is 1. The van der Waals surface area contributed by atoms with Gasteiger partial charge >= 0.3 is 6.03 Å². The minimum Gasteiger partial charge on any atom is -0.326 e. The number of carbonyl (C=O) groups is 2. The molecule has 5 nitrogen and oxygen atoms in total. The number of nitrogens with zero attached hydrogens (tertiary/aromatic N) is 1. The number of imide groups is 1. The molecule has 1 heterocycles. The summed E-state index contributed by atoms with van der Waals surface area (Å²) in [5.41, 5.74) is 7.73. The SMILES string of the molecule is CCC(N)CN1C(=O)NC(c2ccc(C)cc2)C1=O. The van der Waals surface area contributed by atoms with Crippen molar-refractivity contribution < 1.29 is 9.59 Å². The molecule has 3 amide bonds. The van der Waals surface area contributed by atoms with Crippen LogP contribution in [0.3, 0.4) is 0 Å². The average Bonchev–Trinajstić information content (AvgIpc) is 2.67. The van der Waals surface area contributed by atoms with Crippen molar-refractivity contribution in [3.63, 3.8) is 0 Å². The number of nitrogens with one attached hydrogen (secondary N) is 1. The van der Waals surface area contributed by atoms with Gasteiger partial charge in [-0.25, -0.2) is 4.79 Å². The van der Waals surface area contributed by atoms with Crippen molar-refractivity contribution in [2.45, 2.75) is 32.4 Å². The first kappa shape index (κ1) is 13.5. The van der Waals surface area contributed by atoms with Crippen molar-refractivity contribution in [2.75, 3.05) is 6.54 Å². The molecule has 19 heavy (non-hydrogen) atoms. The minimum atomic E-state index is -0.586. The van der Waals surface area contributed by atoms with Gasteiger partial charge in [0.05, 0.1) is 0 Å². The zero-order valence-electron chi connectivity index (χ0n) is 11.2. The fourth-order valence-electron chi connectivity index (χ4n) is 2.04. The van der Waals surface area contributed by atoms with Crippen LogP contribution in [0, 0.1) is 6.92 Å². The van der Waals surface area contributed by atoms with Gasteiger partial charge < -0.3 is 11.1 Å². The van der Waals surface area contributed by atoms with Crippen molar-refractivity contribution in [3.8, 4) is 0 Å². The van der Waals surface area contributed by atoms with Crippen LogP contribution in [0.2, 0.25) is 0 Å². The molecule has 1 aliphatic rings. The highest BCUT2D eigenvalue weighted by Crippen LogP contribution is 2.22. The lowest BCUT2D eigenvalue weighted by Gasteiger charge is -2.17. The van der Waals surface area contributed by atoms with Crippen molar-refractivity contribution in [1.29, 1.82) is 0 Å². The molecule has 0 aromatic heterocycles. The van der Waals surface area contributed by atoms with E-state index in [2.05, 4.69) is 5.32 Å². The lowest BCUT2D eigenvalue weighted by atomic mass is 10.1. The Morgan fingerprint density at radius 1 is 1.32 bits per heavy atom. The molecule has 1 aromatic carbocycles. The second-order valence-electron chi connectivity index (χ2n) is 4.91. The molecule has 1 aromatic rings. The van der Waals surface area contributed by atoms with Crippen LogP contribution in [0.5, 0.6) is 0 Å². The number of hydrogen-bond donors (Lipinski definition) is 2. The van der Waals surface area contributed by atoms with Gasteiger partial charge in [0.25, 0.3) is 5.91 Å². The van der Waals surface area contributed by atoms with E-state index in [1.807, 2.05) is 38.1 Å². The lowest BCUT2D eigenvalue weighted by molar-refractivity contribution is -0.127. The van der Waals surface area contributed by atoms with Gasteiger partial charge in [-0.2, -0.15) is 0 Å². The maximum absolute atomic E-state index is 12.2. The van der Waals surface area contributed by atoms with Gasteiger partial charge in [0, 0.05) is 12.6 Å². The van der Waals surface area contributed by atoms with E-state index >= 15 is 0 Å². The molecular formula is C14H19N3O2. The maximum atomic E-state index is 12.2. The standard InChI is InChI=1S/C14H19N3O2/c1-3-11(15)8-17-13(18)12(16-14(17)19)10-6-4-9(2)5-7-10/h4-7,11-12H,3,8,15H2,1-2H3,(H,16,19). The fraction of sp³-hybridized carbons (Fsp3) is 0.429. The third-order valence-corrected chi connectivity index (χ3v) is 3.38. The van der Waals surface area contributed by atoms with Crippen LogP contribution in [0.4, 0.5) is 4.79 Å². The van der Waals surface area contributed by atoms with Gasteiger partial charge in [-0.1, -0.05) is 36.8 Å². The molecule has 5 heteroatoms.